The fourth-order valence-electron chi connectivity index (χ4n) is 1.46. The van der Waals surface area contributed by atoms with Crippen molar-refractivity contribution in [1.82, 2.24) is 15.1 Å². The molecule has 2 aromatic rings. The Hall–Kier alpha value is -2.77. The molecule has 0 spiro atoms. The molecule has 2 aromatic heterocycles. The van der Waals surface area contributed by atoms with Gasteiger partial charge in [0.15, 0.2) is 5.82 Å². The molecule has 0 aliphatic rings. The lowest BCUT2D eigenvalue weighted by Crippen LogP contribution is -2.13. The molecule has 0 aliphatic heterocycles. The van der Waals surface area contributed by atoms with Gasteiger partial charge in [-0.1, -0.05) is 5.16 Å². The fraction of sp³-hybridized carbons (Fsp3) is 0.250. The first-order chi connectivity index (χ1) is 9.54. The van der Waals surface area contributed by atoms with E-state index in [9.17, 15) is 9.59 Å². The van der Waals surface area contributed by atoms with Crippen LogP contribution in [0, 0.1) is 6.92 Å². The highest BCUT2D eigenvalue weighted by Gasteiger charge is 2.09. The number of aryl methyl sites for hydroxylation is 2. The van der Waals surface area contributed by atoms with Crippen LogP contribution in [0.2, 0.25) is 0 Å². The lowest BCUT2D eigenvalue weighted by molar-refractivity contribution is -0.116. The van der Waals surface area contributed by atoms with Gasteiger partial charge in [-0.25, -0.2) is 9.78 Å². The Bertz CT molecular complexity index is 621. The van der Waals surface area contributed by atoms with Gasteiger partial charge in [0.05, 0.1) is 5.56 Å². The van der Waals surface area contributed by atoms with E-state index < -0.39 is 5.97 Å². The predicted octanol–water partition coefficient (Wildman–Crippen LogP) is 1.04. The van der Waals surface area contributed by atoms with Crippen molar-refractivity contribution >= 4 is 17.7 Å². The predicted molar refractivity (Wildman–Crippen MR) is 67.2 cm³/mol. The fourth-order valence-corrected chi connectivity index (χ4v) is 1.46. The Morgan fingerprint density at radius 2 is 2.20 bits per heavy atom. The van der Waals surface area contributed by atoms with E-state index in [0.29, 0.717) is 24.0 Å². The van der Waals surface area contributed by atoms with Crippen LogP contribution >= 0.6 is 0 Å². The normalized spacial score (nSPS) is 10.2. The molecule has 0 radical (unpaired) electrons. The summed E-state index contributed by atoms with van der Waals surface area (Å²) in [6, 6.07) is 2.80. The Labute approximate surface area is 113 Å². The van der Waals surface area contributed by atoms with Gasteiger partial charge in [0.25, 0.3) is 0 Å². The van der Waals surface area contributed by atoms with Crippen LogP contribution < -0.4 is 5.32 Å². The van der Waals surface area contributed by atoms with Gasteiger partial charge in [-0.05, 0) is 19.1 Å². The smallest absolute Gasteiger partial charge is 0.337 e. The number of carboxylic acids is 1. The lowest BCUT2D eigenvalue weighted by Gasteiger charge is -2.03. The number of aromatic nitrogens is 3. The van der Waals surface area contributed by atoms with Crippen molar-refractivity contribution in [2.75, 3.05) is 5.32 Å². The number of carboxylic acid groups (broad SMARTS) is 1. The van der Waals surface area contributed by atoms with Crippen LogP contribution in [0.5, 0.6) is 0 Å². The molecule has 2 N–H and O–H groups in total. The minimum absolute atomic E-state index is 0.0596. The zero-order chi connectivity index (χ0) is 14.5. The number of hydrogen-bond donors (Lipinski definition) is 2. The molecule has 8 heteroatoms. The molecule has 0 saturated carbocycles. The topological polar surface area (TPSA) is 118 Å². The molecule has 0 atom stereocenters. The minimum Gasteiger partial charge on any atom is -0.478 e. The number of carbonyl (C=O) groups is 2. The monoisotopic (exact) mass is 276 g/mol. The summed E-state index contributed by atoms with van der Waals surface area (Å²) in [4.78, 5) is 30.1. The molecule has 104 valence electrons. The Kier molecular flexibility index (Phi) is 4.04. The first-order valence-electron chi connectivity index (χ1n) is 5.83. The highest BCUT2D eigenvalue weighted by atomic mass is 16.5. The number of anilines is 1. The van der Waals surface area contributed by atoms with Gasteiger partial charge in [0, 0.05) is 19.0 Å². The second-order valence-electron chi connectivity index (χ2n) is 4.02. The van der Waals surface area contributed by atoms with E-state index in [4.69, 9.17) is 9.63 Å². The number of nitrogens with zero attached hydrogens (tertiary/aromatic N) is 3. The maximum atomic E-state index is 11.7. The van der Waals surface area contributed by atoms with Crippen LogP contribution in [0.25, 0.3) is 0 Å². The number of rotatable bonds is 5. The van der Waals surface area contributed by atoms with Gasteiger partial charge in [-0.2, -0.15) is 4.98 Å². The lowest BCUT2D eigenvalue weighted by atomic mass is 10.2. The third-order valence-electron chi connectivity index (χ3n) is 2.41. The quantitative estimate of drug-likeness (QED) is 0.837. The van der Waals surface area contributed by atoms with E-state index in [1.165, 1.54) is 18.3 Å². The number of hydrogen-bond acceptors (Lipinski definition) is 6. The summed E-state index contributed by atoms with van der Waals surface area (Å²) >= 11 is 0. The SMILES string of the molecule is Cc1noc(CCC(=O)Nc2ccc(C(=O)O)cn2)n1. The van der Waals surface area contributed by atoms with Gasteiger partial charge in [0.2, 0.25) is 11.8 Å². The summed E-state index contributed by atoms with van der Waals surface area (Å²) in [5.74, 6) is -0.126. The largest absolute Gasteiger partial charge is 0.478 e. The first-order valence-corrected chi connectivity index (χ1v) is 5.83. The van der Waals surface area contributed by atoms with Crippen molar-refractivity contribution in [1.29, 1.82) is 0 Å². The number of pyridine rings is 1. The molecule has 0 fully saturated rings. The second-order valence-corrected chi connectivity index (χ2v) is 4.02. The molecule has 0 unspecified atom stereocenters. The average molecular weight is 276 g/mol. The zero-order valence-corrected chi connectivity index (χ0v) is 10.7. The summed E-state index contributed by atoms with van der Waals surface area (Å²) in [6.07, 6.45) is 1.68. The van der Waals surface area contributed by atoms with Crippen molar-refractivity contribution in [3.8, 4) is 0 Å². The van der Waals surface area contributed by atoms with Gasteiger partial charge >= 0.3 is 5.97 Å². The van der Waals surface area contributed by atoms with Crippen LogP contribution in [0.15, 0.2) is 22.9 Å². The maximum Gasteiger partial charge on any atom is 0.337 e. The first kappa shape index (κ1) is 13.7. The molecule has 1 amide bonds. The van der Waals surface area contributed by atoms with Crippen molar-refractivity contribution < 1.29 is 19.2 Å². The molecular formula is C12H12N4O4. The highest BCUT2D eigenvalue weighted by Crippen LogP contribution is 2.07. The molecule has 0 bridgehead atoms. The molecule has 0 aliphatic carbocycles. The van der Waals surface area contributed by atoms with Crippen LogP contribution in [0.3, 0.4) is 0 Å². The second kappa shape index (κ2) is 5.91. The van der Waals surface area contributed by atoms with Crippen molar-refractivity contribution in [2.45, 2.75) is 19.8 Å². The van der Waals surface area contributed by atoms with Crippen LogP contribution in [-0.2, 0) is 11.2 Å². The summed E-state index contributed by atoms with van der Waals surface area (Å²) < 4.78 is 4.88. The Morgan fingerprint density at radius 3 is 2.75 bits per heavy atom. The van der Waals surface area contributed by atoms with Crippen molar-refractivity contribution in [3.63, 3.8) is 0 Å². The van der Waals surface area contributed by atoms with E-state index in [0.717, 1.165) is 0 Å². The molecule has 0 saturated heterocycles. The summed E-state index contributed by atoms with van der Waals surface area (Å²) in [6.45, 7) is 1.70. The highest BCUT2D eigenvalue weighted by molar-refractivity contribution is 5.91. The zero-order valence-electron chi connectivity index (χ0n) is 10.7. The van der Waals surface area contributed by atoms with E-state index in [-0.39, 0.29) is 17.9 Å². The van der Waals surface area contributed by atoms with E-state index in [1.54, 1.807) is 6.92 Å². The van der Waals surface area contributed by atoms with Crippen LogP contribution in [0.4, 0.5) is 5.82 Å². The molecule has 20 heavy (non-hydrogen) atoms. The van der Waals surface area contributed by atoms with Gasteiger partial charge in [-0.3, -0.25) is 4.79 Å². The maximum absolute atomic E-state index is 11.7. The number of carbonyl (C=O) groups excluding carboxylic acids is 1. The van der Waals surface area contributed by atoms with Crippen LogP contribution in [-0.4, -0.2) is 32.1 Å². The Balaban J connectivity index is 1.86. The third-order valence-corrected chi connectivity index (χ3v) is 2.41. The van der Waals surface area contributed by atoms with E-state index >= 15 is 0 Å². The number of amides is 1. The number of aromatic carboxylic acids is 1. The van der Waals surface area contributed by atoms with E-state index in [2.05, 4.69) is 20.4 Å². The molecule has 2 rings (SSSR count). The molecule has 2 heterocycles. The van der Waals surface area contributed by atoms with Crippen molar-refractivity contribution in [3.05, 3.63) is 35.6 Å². The van der Waals surface area contributed by atoms with Crippen molar-refractivity contribution in [2.24, 2.45) is 0 Å². The van der Waals surface area contributed by atoms with Gasteiger partial charge in [0.1, 0.15) is 5.82 Å². The van der Waals surface area contributed by atoms with Crippen LogP contribution in [0.1, 0.15) is 28.5 Å². The molecular weight excluding hydrogens is 264 g/mol. The van der Waals surface area contributed by atoms with Gasteiger partial charge in [-0.15, -0.1) is 0 Å². The van der Waals surface area contributed by atoms with E-state index in [1.807, 2.05) is 0 Å². The van der Waals surface area contributed by atoms with Gasteiger partial charge < -0.3 is 14.9 Å². The molecule has 8 nitrogen and oxygen atoms in total. The summed E-state index contributed by atoms with van der Waals surface area (Å²) in [5, 5.41) is 14.9. The standard InChI is InChI=1S/C12H12N4O4/c1-7-14-11(20-16-7)5-4-10(17)15-9-3-2-8(6-13-9)12(18)19/h2-3,6H,4-5H2,1H3,(H,18,19)(H,13,15,17). The molecule has 0 aromatic carbocycles. The Morgan fingerprint density at radius 1 is 1.40 bits per heavy atom. The summed E-state index contributed by atoms with van der Waals surface area (Å²) in [7, 11) is 0. The number of nitrogens with one attached hydrogen (secondary N) is 1. The minimum atomic E-state index is -1.07. The third kappa shape index (κ3) is 3.61. The average Bonchev–Trinajstić information content (AvgIpc) is 2.83. The summed E-state index contributed by atoms with van der Waals surface area (Å²) in [5.41, 5.74) is 0.0596.